The first-order chi connectivity index (χ1) is 22.9. The van der Waals surface area contributed by atoms with E-state index in [0.717, 1.165) is 14.8 Å². The number of carbonyl (C=O) groups is 1. The maximum absolute atomic E-state index is 13.1. The minimum Gasteiger partial charge on any atom is -0.369 e. The number of nitrogens with two attached hydrogens (primary N) is 1. The summed E-state index contributed by atoms with van der Waals surface area (Å²) in [4.78, 5) is 13.9. The van der Waals surface area contributed by atoms with E-state index >= 15 is 0 Å². The summed E-state index contributed by atoms with van der Waals surface area (Å²) in [6.07, 6.45) is 0. The summed E-state index contributed by atoms with van der Waals surface area (Å²) in [5.74, 6) is -2.57. The third-order valence-corrected chi connectivity index (χ3v) is 8.53. The molecule has 2 N–H and O–H groups in total. The first-order valence-electron chi connectivity index (χ1n) is 14.2. The van der Waals surface area contributed by atoms with Gasteiger partial charge in [-0.15, -0.1) is 10.2 Å². The van der Waals surface area contributed by atoms with Crippen LogP contribution < -0.4 is 5.73 Å². The van der Waals surface area contributed by atoms with Crippen LogP contribution in [-0.4, -0.2) is 26.3 Å². The highest BCUT2D eigenvalue weighted by molar-refractivity contribution is 7.99. The van der Waals surface area contributed by atoms with Crippen LogP contribution in [0.25, 0.3) is 0 Å². The van der Waals surface area contributed by atoms with Gasteiger partial charge in [-0.2, -0.15) is 15.5 Å². The molecule has 232 valence electrons. The van der Waals surface area contributed by atoms with Gasteiger partial charge in [-0.25, -0.2) is 8.78 Å². The van der Waals surface area contributed by atoms with E-state index < -0.39 is 17.7 Å². The van der Waals surface area contributed by atoms with Gasteiger partial charge in [-0.3, -0.25) is 4.79 Å². The zero-order valence-corrected chi connectivity index (χ0v) is 26.3. The molecule has 47 heavy (non-hydrogen) atoms. The lowest BCUT2D eigenvalue weighted by Crippen LogP contribution is -2.23. The molecule has 11 heteroatoms. The quantitative estimate of drug-likeness (QED) is 0.167. The average Bonchev–Trinajstić information content (AvgIpc) is 3.09. The zero-order chi connectivity index (χ0) is 33.0. The second-order valence-electron chi connectivity index (χ2n) is 9.92. The van der Waals surface area contributed by atoms with Crippen LogP contribution in [0, 0.1) is 23.0 Å². The fraction of sp³-hybridized carbons (Fsp3) is 0.0556. The highest BCUT2D eigenvalue weighted by atomic mass is 32.2. The molecule has 0 spiro atoms. The van der Waals surface area contributed by atoms with Crippen LogP contribution in [0.15, 0.2) is 153 Å². The van der Waals surface area contributed by atoms with Crippen molar-refractivity contribution in [2.24, 2.45) is 5.73 Å². The minimum atomic E-state index is -0.756. The lowest BCUT2D eigenvalue weighted by molar-refractivity contribution is -0.118. The molecule has 0 bridgehead atoms. The summed E-state index contributed by atoms with van der Waals surface area (Å²) in [5, 5.41) is 27.5. The number of nitriles is 1. The van der Waals surface area contributed by atoms with E-state index in [4.69, 9.17) is 5.73 Å². The fourth-order valence-electron chi connectivity index (χ4n) is 4.40. The Morgan fingerprint density at radius 3 is 1.45 bits per heavy atom. The van der Waals surface area contributed by atoms with Crippen LogP contribution in [0.3, 0.4) is 0 Å². The highest BCUT2D eigenvalue weighted by Gasteiger charge is 2.22. The summed E-state index contributed by atoms with van der Waals surface area (Å²) < 4.78 is 26.1. The molecule has 7 nitrogen and oxygen atoms in total. The number of benzene rings is 4. The lowest BCUT2D eigenvalue weighted by Gasteiger charge is -2.13. The molecular formula is C36H26F2N6OS2. The number of rotatable bonds is 9. The van der Waals surface area contributed by atoms with Crippen LogP contribution in [0.1, 0.15) is 34.4 Å². The van der Waals surface area contributed by atoms with Crippen molar-refractivity contribution in [3.8, 4) is 6.07 Å². The van der Waals surface area contributed by atoms with Crippen molar-refractivity contribution in [2.45, 2.75) is 31.7 Å². The van der Waals surface area contributed by atoms with Gasteiger partial charge in [0.2, 0.25) is 5.91 Å². The summed E-state index contributed by atoms with van der Waals surface area (Å²) in [7, 11) is 0. The fourth-order valence-corrected chi connectivity index (χ4v) is 5.90. The Morgan fingerprint density at radius 1 is 0.596 bits per heavy atom. The molecule has 2 unspecified atom stereocenters. The van der Waals surface area contributed by atoms with Gasteiger partial charge in [0, 0.05) is 9.79 Å². The number of aromatic nitrogens is 4. The van der Waals surface area contributed by atoms with Gasteiger partial charge in [0.25, 0.3) is 0 Å². The first kappa shape index (κ1) is 32.9. The maximum Gasteiger partial charge on any atom is 0.231 e. The van der Waals surface area contributed by atoms with E-state index in [-0.39, 0.29) is 11.6 Å². The van der Waals surface area contributed by atoms with Gasteiger partial charge >= 0.3 is 0 Å². The Balaban J connectivity index is 0.000000185. The SMILES string of the molecule is N#CC(c1ccc(F)cc1)c1ccc(Sc2ccccc2)nn1.NC(=O)C(c1ccc(F)cc1)c1ccc(Sc2ccccc2)nn1. The molecule has 2 aromatic heterocycles. The number of primary amides is 1. The first-order valence-corrected chi connectivity index (χ1v) is 15.9. The summed E-state index contributed by atoms with van der Waals surface area (Å²) in [6.45, 7) is 0. The lowest BCUT2D eigenvalue weighted by atomic mass is 9.95. The van der Waals surface area contributed by atoms with Gasteiger partial charge in [0.05, 0.1) is 17.5 Å². The van der Waals surface area contributed by atoms with E-state index in [1.54, 1.807) is 30.3 Å². The summed E-state index contributed by atoms with van der Waals surface area (Å²) in [6, 6.07) is 40.5. The number of nitrogens with zero attached hydrogens (tertiary/aromatic N) is 5. The average molecular weight is 661 g/mol. The molecule has 6 rings (SSSR count). The monoisotopic (exact) mass is 660 g/mol. The normalized spacial score (nSPS) is 11.8. The van der Waals surface area contributed by atoms with Gasteiger partial charge in [-0.1, -0.05) is 84.2 Å². The Morgan fingerprint density at radius 2 is 1.04 bits per heavy atom. The Labute approximate surface area is 278 Å². The number of amides is 1. The van der Waals surface area contributed by atoms with Crippen molar-refractivity contribution in [2.75, 3.05) is 0 Å². The molecule has 0 saturated heterocycles. The molecule has 0 fully saturated rings. The van der Waals surface area contributed by atoms with E-state index in [2.05, 4.69) is 26.5 Å². The molecule has 0 radical (unpaired) electrons. The van der Waals surface area contributed by atoms with Gasteiger partial charge < -0.3 is 5.73 Å². The van der Waals surface area contributed by atoms with E-state index in [1.165, 1.54) is 59.9 Å². The predicted molar refractivity (Wildman–Crippen MR) is 176 cm³/mol. The number of hydrogen-bond acceptors (Lipinski definition) is 8. The largest absolute Gasteiger partial charge is 0.369 e. The second kappa shape index (κ2) is 16.2. The smallest absolute Gasteiger partial charge is 0.231 e. The van der Waals surface area contributed by atoms with Crippen LogP contribution in [-0.2, 0) is 4.79 Å². The molecule has 4 aromatic carbocycles. The van der Waals surface area contributed by atoms with E-state index in [9.17, 15) is 18.8 Å². The molecule has 6 aromatic rings. The van der Waals surface area contributed by atoms with Crippen molar-refractivity contribution < 1.29 is 13.6 Å². The van der Waals surface area contributed by atoms with Crippen molar-refractivity contribution in [3.05, 3.63) is 168 Å². The van der Waals surface area contributed by atoms with Crippen LogP contribution >= 0.6 is 23.5 Å². The maximum atomic E-state index is 13.1. The van der Waals surface area contributed by atoms with Crippen LogP contribution in [0.4, 0.5) is 8.78 Å². The van der Waals surface area contributed by atoms with Crippen molar-refractivity contribution in [1.82, 2.24) is 20.4 Å². The highest BCUT2D eigenvalue weighted by Crippen LogP contribution is 2.29. The molecule has 0 aliphatic carbocycles. The Hall–Kier alpha value is -5.44. The topological polar surface area (TPSA) is 118 Å². The van der Waals surface area contributed by atoms with Crippen molar-refractivity contribution >= 4 is 29.4 Å². The van der Waals surface area contributed by atoms with Gasteiger partial charge in [-0.05, 0) is 83.9 Å². The summed E-state index contributed by atoms with van der Waals surface area (Å²) in [5.41, 5.74) is 7.77. The molecule has 1 amide bonds. The molecule has 2 atom stereocenters. The van der Waals surface area contributed by atoms with E-state index in [0.29, 0.717) is 27.5 Å². The molecule has 0 saturated carbocycles. The van der Waals surface area contributed by atoms with Crippen molar-refractivity contribution in [1.29, 1.82) is 5.26 Å². The molecule has 0 aliphatic rings. The Kier molecular flexibility index (Phi) is 11.4. The van der Waals surface area contributed by atoms with E-state index in [1.807, 2.05) is 66.7 Å². The molecule has 0 aliphatic heterocycles. The predicted octanol–water partition coefficient (Wildman–Crippen LogP) is 7.81. The van der Waals surface area contributed by atoms with Gasteiger partial charge in [0.15, 0.2) is 0 Å². The second-order valence-corrected chi connectivity index (χ2v) is 12.1. The number of hydrogen-bond donors (Lipinski definition) is 1. The molecular weight excluding hydrogens is 635 g/mol. The van der Waals surface area contributed by atoms with Crippen molar-refractivity contribution in [3.63, 3.8) is 0 Å². The standard InChI is InChI=1S/C18H14FN3OS.C18H12FN3S/c19-13-8-6-12(7-9-13)17(18(20)23)15-10-11-16(22-21-15)24-14-4-2-1-3-5-14;19-14-8-6-13(7-9-14)16(12-20)17-10-11-18(22-21-17)23-15-4-2-1-3-5-15/h1-11,17H,(H2,20,23);1-11,16H. The zero-order valence-electron chi connectivity index (χ0n) is 24.7. The van der Waals surface area contributed by atoms with Crippen LogP contribution in [0.5, 0.6) is 0 Å². The minimum absolute atomic E-state index is 0.328. The number of halogens is 2. The third-order valence-electron chi connectivity index (χ3n) is 6.66. The Bertz CT molecular complexity index is 1920. The van der Waals surface area contributed by atoms with Crippen LogP contribution in [0.2, 0.25) is 0 Å². The summed E-state index contributed by atoms with van der Waals surface area (Å²) >= 11 is 2.98. The molecule has 2 heterocycles. The third kappa shape index (κ3) is 9.29. The van der Waals surface area contributed by atoms with Gasteiger partial charge in [0.1, 0.15) is 33.5 Å². The number of carbonyl (C=O) groups excluding carboxylic acids is 1.